The predicted octanol–water partition coefficient (Wildman–Crippen LogP) is 1.57. The van der Waals surface area contributed by atoms with Gasteiger partial charge in [0, 0.05) is 19.6 Å². The van der Waals surface area contributed by atoms with Crippen LogP contribution in [0.4, 0.5) is 0 Å². The van der Waals surface area contributed by atoms with Crippen molar-refractivity contribution < 1.29 is 0 Å². The fourth-order valence-electron chi connectivity index (χ4n) is 1.22. The van der Waals surface area contributed by atoms with Gasteiger partial charge in [-0.3, -0.25) is 9.58 Å². The zero-order chi connectivity index (χ0) is 10.0. The highest BCUT2D eigenvalue weighted by atomic mass is 15.3. The third-order valence-corrected chi connectivity index (χ3v) is 2.55. The van der Waals surface area contributed by atoms with E-state index in [1.54, 1.807) is 0 Å². The van der Waals surface area contributed by atoms with Crippen molar-refractivity contribution in [3.8, 4) is 0 Å². The molecular weight excluding hydrogens is 162 g/mol. The lowest BCUT2D eigenvalue weighted by atomic mass is 10.2. The van der Waals surface area contributed by atoms with Crippen molar-refractivity contribution in [2.75, 3.05) is 7.05 Å². The fraction of sp³-hybridized carbons (Fsp3) is 0.700. The highest BCUT2D eigenvalue weighted by molar-refractivity contribution is 5.15. The van der Waals surface area contributed by atoms with E-state index in [4.69, 9.17) is 0 Å². The van der Waals surface area contributed by atoms with Crippen molar-refractivity contribution in [3.63, 3.8) is 0 Å². The zero-order valence-corrected chi connectivity index (χ0v) is 9.20. The number of rotatable bonds is 3. The smallest absolute Gasteiger partial charge is 0.0550 e. The van der Waals surface area contributed by atoms with E-state index in [-0.39, 0.29) is 0 Å². The van der Waals surface area contributed by atoms with Gasteiger partial charge in [0.15, 0.2) is 0 Å². The third-order valence-electron chi connectivity index (χ3n) is 2.55. The largest absolute Gasteiger partial charge is 0.298 e. The molecule has 3 heteroatoms. The molecule has 0 fully saturated rings. The van der Waals surface area contributed by atoms with Crippen LogP contribution in [-0.4, -0.2) is 27.8 Å². The number of aromatic nitrogens is 2. The lowest BCUT2D eigenvalue weighted by Gasteiger charge is -2.21. The maximum atomic E-state index is 4.22. The summed E-state index contributed by atoms with van der Waals surface area (Å²) >= 11 is 0. The molecule has 1 aromatic rings. The summed E-state index contributed by atoms with van der Waals surface area (Å²) in [6, 6.07) is 0.578. The van der Waals surface area contributed by atoms with Crippen molar-refractivity contribution in [2.45, 2.75) is 33.4 Å². The Labute approximate surface area is 80.4 Å². The minimum Gasteiger partial charge on any atom is -0.298 e. The van der Waals surface area contributed by atoms with Crippen LogP contribution in [0.25, 0.3) is 0 Å². The molecule has 1 heterocycles. The van der Waals surface area contributed by atoms with Gasteiger partial charge in [-0.1, -0.05) is 0 Å². The minimum atomic E-state index is 0.578. The highest BCUT2D eigenvalue weighted by Crippen LogP contribution is 2.09. The molecule has 0 aliphatic carbocycles. The minimum absolute atomic E-state index is 0.578. The fourth-order valence-corrected chi connectivity index (χ4v) is 1.22. The summed E-state index contributed by atoms with van der Waals surface area (Å²) in [6.45, 7) is 7.48. The average molecular weight is 181 g/mol. The molecule has 3 nitrogen and oxygen atoms in total. The van der Waals surface area contributed by atoms with Gasteiger partial charge in [0.05, 0.1) is 11.9 Å². The third kappa shape index (κ3) is 2.31. The summed E-state index contributed by atoms with van der Waals surface area (Å²) in [6.07, 6.45) is 1.92. The van der Waals surface area contributed by atoms with Gasteiger partial charge in [-0.2, -0.15) is 5.10 Å². The summed E-state index contributed by atoms with van der Waals surface area (Å²) in [5.74, 6) is 0. The molecule has 0 saturated heterocycles. The van der Waals surface area contributed by atoms with Gasteiger partial charge in [-0.25, -0.2) is 0 Å². The molecule has 0 saturated carbocycles. The topological polar surface area (TPSA) is 21.1 Å². The highest BCUT2D eigenvalue weighted by Gasteiger charge is 2.09. The molecule has 1 aromatic heterocycles. The Morgan fingerprint density at radius 3 is 2.54 bits per heavy atom. The van der Waals surface area contributed by atoms with E-state index >= 15 is 0 Å². The molecule has 1 rings (SSSR count). The molecule has 0 aromatic carbocycles. The molecule has 0 radical (unpaired) electrons. The van der Waals surface area contributed by atoms with E-state index in [1.165, 1.54) is 11.3 Å². The molecule has 0 aliphatic rings. The number of hydrogen-bond donors (Lipinski definition) is 0. The standard InChI is InChI=1S/C10H19N3/c1-8(2)12(4)7-10-9(3)6-11-13(10)5/h6,8H,7H2,1-5H3. The van der Waals surface area contributed by atoms with Gasteiger partial charge < -0.3 is 0 Å². The monoisotopic (exact) mass is 181 g/mol. The molecule has 0 unspecified atom stereocenters. The van der Waals surface area contributed by atoms with Gasteiger partial charge in [0.2, 0.25) is 0 Å². The SMILES string of the molecule is Cc1cnn(C)c1CN(C)C(C)C. The first-order valence-corrected chi connectivity index (χ1v) is 4.70. The Morgan fingerprint density at radius 1 is 1.54 bits per heavy atom. The molecule has 0 amide bonds. The molecule has 0 aliphatic heterocycles. The Hall–Kier alpha value is -0.830. The summed E-state index contributed by atoms with van der Waals surface area (Å²) in [5, 5.41) is 4.22. The van der Waals surface area contributed by atoms with Crippen molar-refractivity contribution in [2.24, 2.45) is 7.05 Å². The molecular formula is C10H19N3. The summed E-state index contributed by atoms with van der Waals surface area (Å²) in [4.78, 5) is 2.31. The van der Waals surface area contributed by atoms with Crippen LogP contribution in [0.3, 0.4) is 0 Å². The second-order valence-electron chi connectivity index (χ2n) is 3.91. The van der Waals surface area contributed by atoms with Crippen LogP contribution < -0.4 is 0 Å². The first-order valence-electron chi connectivity index (χ1n) is 4.70. The predicted molar refractivity (Wildman–Crippen MR) is 54.5 cm³/mol. The first kappa shape index (κ1) is 10.3. The zero-order valence-electron chi connectivity index (χ0n) is 9.20. The average Bonchev–Trinajstić information content (AvgIpc) is 2.35. The lowest BCUT2D eigenvalue weighted by molar-refractivity contribution is 0.258. The van der Waals surface area contributed by atoms with Crippen LogP contribution in [0, 0.1) is 6.92 Å². The second kappa shape index (κ2) is 3.92. The van der Waals surface area contributed by atoms with Crippen LogP contribution in [0.5, 0.6) is 0 Å². The Balaban J connectivity index is 2.73. The number of nitrogens with zero attached hydrogens (tertiary/aromatic N) is 3. The van der Waals surface area contributed by atoms with Gasteiger partial charge >= 0.3 is 0 Å². The number of hydrogen-bond acceptors (Lipinski definition) is 2. The Kier molecular flexibility index (Phi) is 3.09. The van der Waals surface area contributed by atoms with Crippen molar-refractivity contribution in [1.82, 2.24) is 14.7 Å². The molecule has 0 N–H and O–H groups in total. The summed E-state index contributed by atoms with van der Waals surface area (Å²) in [7, 11) is 4.13. The van der Waals surface area contributed by atoms with E-state index < -0.39 is 0 Å². The van der Waals surface area contributed by atoms with Crippen molar-refractivity contribution in [3.05, 3.63) is 17.5 Å². The molecule has 0 spiro atoms. The lowest BCUT2D eigenvalue weighted by Crippen LogP contribution is -2.27. The Morgan fingerprint density at radius 2 is 2.15 bits per heavy atom. The maximum absolute atomic E-state index is 4.22. The van der Waals surface area contributed by atoms with Crippen LogP contribution in [0.2, 0.25) is 0 Å². The van der Waals surface area contributed by atoms with Gasteiger partial charge in [-0.05, 0) is 33.4 Å². The summed E-state index contributed by atoms with van der Waals surface area (Å²) in [5.41, 5.74) is 2.58. The van der Waals surface area contributed by atoms with Gasteiger partial charge in [0.1, 0.15) is 0 Å². The quantitative estimate of drug-likeness (QED) is 0.705. The van der Waals surface area contributed by atoms with E-state index in [1.807, 2.05) is 17.9 Å². The van der Waals surface area contributed by atoms with E-state index in [0.29, 0.717) is 6.04 Å². The summed E-state index contributed by atoms with van der Waals surface area (Å²) < 4.78 is 1.95. The molecule has 0 bridgehead atoms. The molecule has 13 heavy (non-hydrogen) atoms. The van der Waals surface area contributed by atoms with Gasteiger partial charge in [-0.15, -0.1) is 0 Å². The normalized spacial score (nSPS) is 11.6. The van der Waals surface area contributed by atoms with E-state index in [2.05, 4.69) is 37.8 Å². The maximum Gasteiger partial charge on any atom is 0.0550 e. The number of aryl methyl sites for hydroxylation is 2. The van der Waals surface area contributed by atoms with E-state index in [0.717, 1.165) is 6.54 Å². The van der Waals surface area contributed by atoms with Crippen molar-refractivity contribution >= 4 is 0 Å². The Bertz CT molecular complexity index is 256. The van der Waals surface area contributed by atoms with Crippen LogP contribution in [0.1, 0.15) is 25.1 Å². The van der Waals surface area contributed by atoms with Crippen LogP contribution >= 0.6 is 0 Å². The molecule has 74 valence electrons. The molecule has 0 atom stereocenters. The van der Waals surface area contributed by atoms with Gasteiger partial charge in [0.25, 0.3) is 0 Å². The van der Waals surface area contributed by atoms with Crippen molar-refractivity contribution in [1.29, 1.82) is 0 Å². The second-order valence-corrected chi connectivity index (χ2v) is 3.91. The first-order chi connectivity index (χ1) is 6.02. The van der Waals surface area contributed by atoms with E-state index in [9.17, 15) is 0 Å². The van der Waals surface area contributed by atoms with Crippen LogP contribution in [0.15, 0.2) is 6.20 Å². The van der Waals surface area contributed by atoms with Crippen LogP contribution in [-0.2, 0) is 13.6 Å².